The number of Topliss-reactive ketones (excluding diaryl/α,β-unsaturated/α-hetero) is 1. The third-order valence-corrected chi connectivity index (χ3v) is 7.20. The van der Waals surface area contributed by atoms with E-state index < -0.39 is 17.7 Å². The highest BCUT2D eigenvalue weighted by molar-refractivity contribution is 7.22. The van der Waals surface area contributed by atoms with Gasteiger partial charge in [-0.15, -0.1) is 0 Å². The molecule has 9 nitrogen and oxygen atoms in total. The minimum absolute atomic E-state index is 0.00999. The zero-order valence-electron chi connectivity index (χ0n) is 20.6. The monoisotopic (exact) mass is 532 g/mol. The van der Waals surface area contributed by atoms with E-state index in [2.05, 4.69) is 4.98 Å². The Kier molecular flexibility index (Phi) is 6.99. The van der Waals surface area contributed by atoms with Crippen LogP contribution in [0.2, 0.25) is 0 Å². The minimum atomic E-state index is -1.03. The van der Waals surface area contributed by atoms with Crippen LogP contribution in [0.1, 0.15) is 17.2 Å². The van der Waals surface area contributed by atoms with Gasteiger partial charge in [0.2, 0.25) is 0 Å². The molecule has 0 saturated carbocycles. The van der Waals surface area contributed by atoms with Gasteiger partial charge in [-0.2, -0.15) is 0 Å². The summed E-state index contributed by atoms with van der Waals surface area (Å²) in [5.74, 6) is -0.466. The summed E-state index contributed by atoms with van der Waals surface area (Å²) in [6.07, 6.45) is 0. The number of hydrogen-bond acceptors (Lipinski definition) is 9. The summed E-state index contributed by atoms with van der Waals surface area (Å²) in [4.78, 5) is 32.9. The summed E-state index contributed by atoms with van der Waals surface area (Å²) in [6, 6.07) is 17.7. The number of ketones is 1. The van der Waals surface area contributed by atoms with Gasteiger partial charge in [0.1, 0.15) is 35.7 Å². The molecule has 1 aliphatic heterocycles. The molecule has 1 saturated heterocycles. The van der Waals surface area contributed by atoms with Gasteiger partial charge in [0.05, 0.1) is 36.6 Å². The van der Waals surface area contributed by atoms with Crippen LogP contribution in [0.25, 0.3) is 16.0 Å². The number of rotatable bonds is 8. The Morgan fingerprint density at radius 3 is 2.42 bits per heavy atom. The van der Waals surface area contributed by atoms with Gasteiger partial charge in [-0.05, 0) is 42.5 Å². The molecule has 5 rings (SSSR count). The predicted octanol–water partition coefficient (Wildman–Crippen LogP) is 4.31. The van der Waals surface area contributed by atoms with Crippen molar-refractivity contribution in [3.05, 3.63) is 83.4 Å². The largest absolute Gasteiger partial charge is 0.507 e. The number of thiazole rings is 1. The van der Waals surface area contributed by atoms with E-state index >= 15 is 0 Å². The summed E-state index contributed by atoms with van der Waals surface area (Å²) in [5.41, 5.74) is 1.31. The molecule has 0 radical (unpaired) electrons. The van der Waals surface area contributed by atoms with E-state index in [0.29, 0.717) is 33.9 Å². The van der Waals surface area contributed by atoms with E-state index in [4.69, 9.17) is 14.2 Å². The smallest absolute Gasteiger partial charge is 0.301 e. The van der Waals surface area contributed by atoms with E-state index in [0.717, 1.165) is 4.70 Å². The summed E-state index contributed by atoms with van der Waals surface area (Å²) >= 11 is 1.24. The van der Waals surface area contributed by atoms with Crippen LogP contribution in [0, 0.1) is 0 Å². The Hall–Kier alpha value is -4.41. The first-order chi connectivity index (χ1) is 18.5. The molecule has 4 aromatic rings. The topological polar surface area (TPSA) is 118 Å². The number of hydrogen-bond donors (Lipinski definition) is 2. The second kappa shape index (κ2) is 10.5. The average Bonchev–Trinajstić information content (AvgIpc) is 3.49. The van der Waals surface area contributed by atoms with Crippen molar-refractivity contribution >= 4 is 44.1 Å². The fourth-order valence-corrected chi connectivity index (χ4v) is 5.32. The lowest BCUT2D eigenvalue weighted by Crippen LogP contribution is -2.29. The molecule has 1 aromatic heterocycles. The van der Waals surface area contributed by atoms with Crippen LogP contribution in [-0.4, -0.2) is 54.3 Å². The van der Waals surface area contributed by atoms with Gasteiger partial charge < -0.3 is 24.4 Å². The minimum Gasteiger partial charge on any atom is -0.507 e. The van der Waals surface area contributed by atoms with Crippen LogP contribution in [-0.2, 0) is 9.59 Å². The first-order valence-corrected chi connectivity index (χ1v) is 12.5. The molecule has 2 heterocycles. The van der Waals surface area contributed by atoms with Crippen molar-refractivity contribution in [1.82, 2.24) is 4.98 Å². The van der Waals surface area contributed by atoms with Gasteiger partial charge in [-0.3, -0.25) is 14.5 Å². The number of nitrogens with zero attached hydrogens (tertiary/aromatic N) is 2. The molecule has 1 amide bonds. The van der Waals surface area contributed by atoms with Crippen molar-refractivity contribution in [2.24, 2.45) is 0 Å². The maximum atomic E-state index is 13.5. The molecule has 0 bridgehead atoms. The number of methoxy groups -OCH3 is 2. The summed E-state index contributed by atoms with van der Waals surface area (Å²) < 4.78 is 17.0. The number of anilines is 1. The molecule has 10 heteroatoms. The highest BCUT2D eigenvalue weighted by atomic mass is 32.1. The van der Waals surface area contributed by atoms with Gasteiger partial charge in [-0.1, -0.05) is 29.5 Å². The Bertz CT molecular complexity index is 1540. The van der Waals surface area contributed by atoms with E-state index in [-0.39, 0.29) is 29.7 Å². The lowest BCUT2D eigenvalue weighted by atomic mass is 9.94. The normalized spacial score (nSPS) is 16.7. The van der Waals surface area contributed by atoms with Crippen LogP contribution in [0.3, 0.4) is 0 Å². The fraction of sp³-hybridized carbons (Fsp3) is 0.179. The van der Waals surface area contributed by atoms with Crippen LogP contribution in [0.15, 0.2) is 72.3 Å². The zero-order valence-corrected chi connectivity index (χ0v) is 21.4. The third kappa shape index (κ3) is 4.44. The van der Waals surface area contributed by atoms with Crippen molar-refractivity contribution in [1.29, 1.82) is 0 Å². The molecule has 1 fully saturated rings. The quantitative estimate of drug-likeness (QED) is 0.196. The maximum absolute atomic E-state index is 13.5. The number of carbonyl (C=O) groups excluding carboxylic acids is 2. The molecule has 2 N–H and O–H groups in total. The lowest BCUT2D eigenvalue weighted by molar-refractivity contribution is -0.132. The van der Waals surface area contributed by atoms with E-state index in [9.17, 15) is 19.8 Å². The molecule has 1 atom stereocenters. The van der Waals surface area contributed by atoms with Crippen LogP contribution in [0.5, 0.6) is 17.2 Å². The summed E-state index contributed by atoms with van der Waals surface area (Å²) in [7, 11) is 3.08. The highest BCUT2D eigenvalue weighted by Gasteiger charge is 2.49. The standard InChI is InChI=1S/C28H24N2O7S/c1-35-17-9-7-16(8-10-17)25(32)23-24(19-5-3-4-6-21(19)37-14-13-31)30(27(34)26(23)33)28-29-20-15-18(36-2)11-12-22(20)38-28/h3-12,15,24,31-32H,13-14H2,1-2H3/b25-23-. The SMILES string of the molecule is COc1ccc(/C(O)=C2/C(=O)C(=O)N(c3nc4cc(OC)ccc4s3)C2c2ccccc2OCCO)cc1. The van der Waals surface area contributed by atoms with Gasteiger partial charge >= 0.3 is 5.91 Å². The first-order valence-electron chi connectivity index (χ1n) is 11.7. The van der Waals surface area contributed by atoms with Crippen molar-refractivity contribution < 1.29 is 34.0 Å². The summed E-state index contributed by atoms with van der Waals surface area (Å²) in [5, 5.41) is 21.0. The van der Waals surface area contributed by atoms with Gasteiger partial charge in [0, 0.05) is 17.2 Å². The van der Waals surface area contributed by atoms with Crippen LogP contribution >= 0.6 is 11.3 Å². The third-order valence-electron chi connectivity index (χ3n) is 6.16. The molecular formula is C28H24N2O7S. The van der Waals surface area contributed by atoms with Gasteiger partial charge in [0.15, 0.2) is 5.13 Å². The number of ether oxygens (including phenoxy) is 3. The molecule has 38 heavy (non-hydrogen) atoms. The van der Waals surface area contributed by atoms with Crippen molar-refractivity contribution in [2.75, 3.05) is 32.3 Å². The lowest BCUT2D eigenvalue weighted by Gasteiger charge is -2.24. The predicted molar refractivity (Wildman–Crippen MR) is 143 cm³/mol. The molecule has 1 unspecified atom stereocenters. The van der Waals surface area contributed by atoms with Crippen molar-refractivity contribution in [3.63, 3.8) is 0 Å². The van der Waals surface area contributed by atoms with Crippen molar-refractivity contribution in [3.8, 4) is 17.2 Å². The first kappa shape index (κ1) is 25.2. The Balaban J connectivity index is 1.72. The Morgan fingerprint density at radius 1 is 1.00 bits per heavy atom. The Labute approximate surface area is 222 Å². The number of aliphatic hydroxyl groups is 2. The second-order valence-corrected chi connectivity index (χ2v) is 9.35. The number of carbonyl (C=O) groups is 2. The summed E-state index contributed by atoms with van der Waals surface area (Å²) in [6.45, 7) is -0.212. The molecular weight excluding hydrogens is 508 g/mol. The molecule has 194 valence electrons. The van der Waals surface area contributed by atoms with E-state index in [1.54, 1.807) is 67.8 Å². The molecule has 1 aliphatic rings. The number of benzene rings is 3. The number of fused-ring (bicyclic) bond motifs is 1. The van der Waals surface area contributed by atoms with Gasteiger partial charge in [0.25, 0.3) is 5.78 Å². The molecule has 0 aliphatic carbocycles. The van der Waals surface area contributed by atoms with E-state index in [1.165, 1.54) is 23.3 Å². The second-order valence-electron chi connectivity index (χ2n) is 8.34. The van der Waals surface area contributed by atoms with Gasteiger partial charge in [-0.25, -0.2) is 4.98 Å². The van der Waals surface area contributed by atoms with E-state index in [1.807, 2.05) is 6.07 Å². The van der Waals surface area contributed by atoms with Crippen LogP contribution < -0.4 is 19.1 Å². The number of aliphatic hydroxyl groups excluding tert-OH is 2. The average molecular weight is 533 g/mol. The zero-order chi connectivity index (χ0) is 26.8. The number of aromatic nitrogens is 1. The number of amides is 1. The van der Waals surface area contributed by atoms with Crippen LogP contribution in [0.4, 0.5) is 5.13 Å². The Morgan fingerprint density at radius 2 is 1.71 bits per heavy atom. The fourth-order valence-electron chi connectivity index (χ4n) is 4.35. The highest BCUT2D eigenvalue weighted by Crippen LogP contribution is 2.46. The molecule has 3 aromatic carbocycles. The number of para-hydroxylation sites is 1. The maximum Gasteiger partial charge on any atom is 0.301 e. The molecule has 0 spiro atoms. The van der Waals surface area contributed by atoms with Crippen molar-refractivity contribution in [2.45, 2.75) is 6.04 Å².